The highest BCUT2D eigenvalue weighted by molar-refractivity contribution is 5.44. The van der Waals surface area contributed by atoms with Crippen molar-refractivity contribution in [3.05, 3.63) is 23.8 Å². The number of isocyanates is 1. The fraction of sp³-hybridized carbons (Fsp3) is 0.364. The van der Waals surface area contributed by atoms with Crippen LogP contribution in [0.5, 0.6) is 11.5 Å². The largest absolute Gasteiger partial charge is 0.490 e. The standard InChI is InChI=1S/C11H11NO3/c13-8-12-7-9-2-3-10-11(6-9)15-5-1-4-14-10/h2-3,6H,1,4-5,7H2. The Morgan fingerprint density at radius 3 is 2.87 bits per heavy atom. The van der Waals surface area contributed by atoms with Gasteiger partial charge in [0.15, 0.2) is 11.5 Å². The molecular weight excluding hydrogens is 194 g/mol. The van der Waals surface area contributed by atoms with Crippen LogP contribution in [0.4, 0.5) is 0 Å². The van der Waals surface area contributed by atoms with E-state index in [1.165, 1.54) is 6.08 Å². The Kier molecular flexibility index (Phi) is 3.00. The van der Waals surface area contributed by atoms with Gasteiger partial charge in [-0.1, -0.05) is 6.07 Å². The lowest BCUT2D eigenvalue weighted by molar-refractivity contribution is 0.297. The smallest absolute Gasteiger partial charge is 0.235 e. The van der Waals surface area contributed by atoms with Crippen LogP contribution < -0.4 is 9.47 Å². The number of hydrogen-bond acceptors (Lipinski definition) is 4. The summed E-state index contributed by atoms with van der Waals surface area (Å²) in [4.78, 5) is 13.5. The van der Waals surface area contributed by atoms with E-state index in [0.29, 0.717) is 19.8 Å². The summed E-state index contributed by atoms with van der Waals surface area (Å²) in [5.74, 6) is 1.48. The average Bonchev–Trinajstić information content (AvgIpc) is 2.50. The van der Waals surface area contributed by atoms with Crippen molar-refractivity contribution in [1.82, 2.24) is 0 Å². The van der Waals surface area contributed by atoms with Gasteiger partial charge in [0.1, 0.15) is 0 Å². The molecule has 0 aliphatic carbocycles. The number of ether oxygens (including phenoxy) is 2. The molecule has 0 atom stereocenters. The highest BCUT2D eigenvalue weighted by atomic mass is 16.5. The fourth-order valence-corrected chi connectivity index (χ4v) is 1.43. The Bertz CT molecular complexity index is 397. The van der Waals surface area contributed by atoms with Crippen LogP contribution in [0.25, 0.3) is 0 Å². The summed E-state index contributed by atoms with van der Waals surface area (Å²) in [7, 11) is 0. The molecule has 0 radical (unpaired) electrons. The highest BCUT2D eigenvalue weighted by Gasteiger charge is 2.09. The quantitative estimate of drug-likeness (QED) is 0.545. The Balaban J connectivity index is 2.23. The number of aliphatic imine (C=N–C) groups is 1. The van der Waals surface area contributed by atoms with Crippen LogP contribution in [0.15, 0.2) is 23.2 Å². The van der Waals surface area contributed by atoms with Crippen molar-refractivity contribution >= 4 is 6.08 Å². The Morgan fingerprint density at radius 1 is 1.27 bits per heavy atom. The number of rotatable bonds is 2. The van der Waals surface area contributed by atoms with Crippen molar-refractivity contribution < 1.29 is 14.3 Å². The monoisotopic (exact) mass is 205 g/mol. The summed E-state index contributed by atoms with van der Waals surface area (Å²) in [6.07, 6.45) is 2.40. The first-order chi connectivity index (χ1) is 7.40. The van der Waals surface area contributed by atoms with Crippen LogP contribution in [0, 0.1) is 0 Å². The zero-order valence-electron chi connectivity index (χ0n) is 8.23. The summed E-state index contributed by atoms with van der Waals surface area (Å²) in [6, 6.07) is 5.56. The molecule has 0 aromatic heterocycles. The van der Waals surface area contributed by atoms with Gasteiger partial charge in [0.05, 0.1) is 19.8 Å². The van der Waals surface area contributed by atoms with Gasteiger partial charge in [0.2, 0.25) is 6.08 Å². The molecule has 0 bridgehead atoms. The lowest BCUT2D eigenvalue weighted by atomic mass is 10.2. The van der Waals surface area contributed by atoms with E-state index in [0.717, 1.165) is 23.5 Å². The molecule has 1 aromatic rings. The second-order valence-electron chi connectivity index (χ2n) is 3.24. The van der Waals surface area contributed by atoms with E-state index >= 15 is 0 Å². The molecular formula is C11H11NO3. The Morgan fingerprint density at radius 2 is 2.07 bits per heavy atom. The van der Waals surface area contributed by atoms with Gasteiger partial charge in [-0.15, -0.1) is 0 Å². The first kappa shape index (κ1) is 9.74. The second-order valence-corrected chi connectivity index (χ2v) is 3.24. The predicted molar refractivity (Wildman–Crippen MR) is 53.9 cm³/mol. The van der Waals surface area contributed by atoms with E-state index in [1.54, 1.807) is 0 Å². The Hall–Kier alpha value is -1.80. The van der Waals surface area contributed by atoms with Crippen molar-refractivity contribution in [2.45, 2.75) is 13.0 Å². The molecule has 0 saturated carbocycles. The van der Waals surface area contributed by atoms with Crippen LogP contribution >= 0.6 is 0 Å². The van der Waals surface area contributed by atoms with Crippen LogP contribution in [-0.4, -0.2) is 19.3 Å². The molecule has 4 nitrogen and oxygen atoms in total. The summed E-state index contributed by atoms with van der Waals surface area (Å²) < 4.78 is 11.0. The SMILES string of the molecule is O=C=NCc1ccc2c(c1)OCCCO2. The first-order valence-electron chi connectivity index (χ1n) is 4.82. The molecule has 2 rings (SSSR count). The zero-order valence-corrected chi connectivity index (χ0v) is 8.23. The lowest BCUT2D eigenvalue weighted by Crippen LogP contribution is -1.97. The maximum Gasteiger partial charge on any atom is 0.235 e. The van der Waals surface area contributed by atoms with Gasteiger partial charge >= 0.3 is 0 Å². The van der Waals surface area contributed by atoms with Crippen molar-refractivity contribution in [3.8, 4) is 11.5 Å². The number of fused-ring (bicyclic) bond motifs is 1. The van der Waals surface area contributed by atoms with Gasteiger partial charge in [0.25, 0.3) is 0 Å². The summed E-state index contributed by atoms with van der Waals surface area (Å²) in [5, 5.41) is 0. The molecule has 1 aliphatic rings. The van der Waals surface area contributed by atoms with E-state index in [1.807, 2.05) is 18.2 Å². The minimum absolute atomic E-state index is 0.333. The molecule has 78 valence electrons. The molecule has 1 heterocycles. The van der Waals surface area contributed by atoms with Gasteiger partial charge in [-0.25, -0.2) is 9.79 Å². The fourth-order valence-electron chi connectivity index (χ4n) is 1.43. The third-order valence-electron chi connectivity index (χ3n) is 2.14. The van der Waals surface area contributed by atoms with Gasteiger partial charge in [-0.2, -0.15) is 0 Å². The zero-order chi connectivity index (χ0) is 10.5. The Labute approximate surface area is 87.5 Å². The molecule has 4 heteroatoms. The van der Waals surface area contributed by atoms with Gasteiger partial charge in [0, 0.05) is 6.42 Å². The molecule has 0 saturated heterocycles. The van der Waals surface area contributed by atoms with E-state index in [4.69, 9.17) is 9.47 Å². The average molecular weight is 205 g/mol. The molecule has 1 aliphatic heterocycles. The van der Waals surface area contributed by atoms with Gasteiger partial charge < -0.3 is 9.47 Å². The van der Waals surface area contributed by atoms with Crippen molar-refractivity contribution in [1.29, 1.82) is 0 Å². The van der Waals surface area contributed by atoms with Gasteiger partial charge in [-0.05, 0) is 17.7 Å². The predicted octanol–water partition coefficient (Wildman–Crippen LogP) is 1.68. The van der Waals surface area contributed by atoms with E-state index in [-0.39, 0.29) is 0 Å². The minimum Gasteiger partial charge on any atom is -0.490 e. The van der Waals surface area contributed by atoms with Crippen LogP contribution in [0.1, 0.15) is 12.0 Å². The summed E-state index contributed by atoms with van der Waals surface area (Å²) in [5.41, 5.74) is 0.919. The van der Waals surface area contributed by atoms with E-state index in [2.05, 4.69) is 4.99 Å². The number of nitrogens with zero attached hydrogens (tertiary/aromatic N) is 1. The molecule has 0 spiro atoms. The molecule has 0 unspecified atom stereocenters. The molecule has 15 heavy (non-hydrogen) atoms. The first-order valence-corrected chi connectivity index (χ1v) is 4.82. The maximum atomic E-state index is 9.97. The third-order valence-corrected chi connectivity index (χ3v) is 2.14. The third kappa shape index (κ3) is 2.36. The molecule has 0 amide bonds. The molecule has 0 fully saturated rings. The number of hydrogen-bond donors (Lipinski definition) is 0. The second kappa shape index (κ2) is 4.62. The van der Waals surface area contributed by atoms with Crippen molar-refractivity contribution in [2.75, 3.05) is 13.2 Å². The number of benzene rings is 1. The van der Waals surface area contributed by atoms with Crippen molar-refractivity contribution in [2.24, 2.45) is 4.99 Å². The lowest BCUT2D eigenvalue weighted by Gasteiger charge is -2.07. The van der Waals surface area contributed by atoms with Gasteiger partial charge in [-0.3, -0.25) is 0 Å². The van der Waals surface area contributed by atoms with E-state index in [9.17, 15) is 4.79 Å². The van der Waals surface area contributed by atoms with Crippen LogP contribution in [0.2, 0.25) is 0 Å². The minimum atomic E-state index is 0.333. The highest BCUT2D eigenvalue weighted by Crippen LogP contribution is 2.30. The topological polar surface area (TPSA) is 47.9 Å². The summed E-state index contributed by atoms with van der Waals surface area (Å²) >= 11 is 0. The van der Waals surface area contributed by atoms with Crippen LogP contribution in [-0.2, 0) is 11.3 Å². The van der Waals surface area contributed by atoms with E-state index < -0.39 is 0 Å². The van der Waals surface area contributed by atoms with Crippen LogP contribution in [0.3, 0.4) is 0 Å². The normalized spacial score (nSPS) is 13.9. The molecule has 0 N–H and O–H groups in total. The number of carbonyl (C=O) groups excluding carboxylic acids is 1. The van der Waals surface area contributed by atoms with Crippen molar-refractivity contribution in [3.63, 3.8) is 0 Å². The molecule has 1 aromatic carbocycles. The maximum absolute atomic E-state index is 9.97. The summed E-state index contributed by atoms with van der Waals surface area (Å²) in [6.45, 7) is 1.67.